The summed E-state index contributed by atoms with van der Waals surface area (Å²) in [5.74, 6) is 0.669. The molecule has 0 saturated carbocycles. The van der Waals surface area contributed by atoms with Crippen molar-refractivity contribution in [2.24, 2.45) is 5.92 Å². The Hall–Kier alpha value is -2.13. The molecule has 2 rings (SSSR count). The van der Waals surface area contributed by atoms with E-state index in [4.69, 9.17) is 0 Å². The molecule has 3 heteroatoms. The maximum absolute atomic E-state index is 12.3. The molecule has 0 heterocycles. The zero-order valence-electron chi connectivity index (χ0n) is 14.9. The minimum atomic E-state index is 0.0237. The largest absolute Gasteiger partial charge is 0.325 e. The monoisotopic (exact) mass is 324 g/mol. The number of nitrogens with one attached hydrogen (secondary N) is 2. The van der Waals surface area contributed by atoms with Crippen molar-refractivity contribution in [1.82, 2.24) is 5.32 Å². The van der Waals surface area contributed by atoms with Crippen molar-refractivity contribution in [2.45, 2.75) is 40.2 Å². The number of anilines is 1. The average Bonchev–Trinajstić information content (AvgIpc) is 2.55. The molecule has 0 aromatic heterocycles. The highest BCUT2D eigenvalue weighted by Crippen LogP contribution is 2.16. The quantitative estimate of drug-likeness (QED) is 0.765. The van der Waals surface area contributed by atoms with Crippen LogP contribution < -0.4 is 10.6 Å². The smallest absolute Gasteiger partial charge is 0.228 e. The minimum absolute atomic E-state index is 0.0237. The molecule has 0 unspecified atom stereocenters. The lowest BCUT2D eigenvalue weighted by molar-refractivity contribution is -0.115. The predicted molar refractivity (Wildman–Crippen MR) is 101 cm³/mol. The van der Waals surface area contributed by atoms with E-state index in [-0.39, 0.29) is 5.91 Å². The van der Waals surface area contributed by atoms with Crippen molar-refractivity contribution < 1.29 is 4.79 Å². The molecule has 3 nitrogen and oxygen atoms in total. The molecule has 128 valence electrons. The number of rotatable bonds is 8. The second-order valence-corrected chi connectivity index (χ2v) is 6.58. The maximum Gasteiger partial charge on any atom is 0.228 e. The van der Waals surface area contributed by atoms with E-state index in [0.717, 1.165) is 36.3 Å². The summed E-state index contributed by atoms with van der Waals surface area (Å²) in [7, 11) is 0. The minimum Gasteiger partial charge on any atom is -0.325 e. The van der Waals surface area contributed by atoms with E-state index < -0.39 is 0 Å². The second kappa shape index (κ2) is 9.24. The number of para-hydroxylation sites is 1. The lowest BCUT2D eigenvalue weighted by atomic mass is 10.0. The van der Waals surface area contributed by atoms with Gasteiger partial charge in [-0.25, -0.2) is 0 Å². The summed E-state index contributed by atoms with van der Waals surface area (Å²) in [6.07, 6.45) is 1.47. The Balaban J connectivity index is 1.96. The van der Waals surface area contributed by atoms with E-state index in [1.807, 2.05) is 24.3 Å². The van der Waals surface area contributed by atoms with Gasteiger partial charge in [0.15, 0.2) is 0 Å². The van der Waals surface area contributed by atoms with Gasteiger partial charge in [0.2, 0.25) is 5.91 Å². The van der Waals surface area contributed by atoms with Crippen molar-refractivity contribution in [1.29, 1.82) is 0 Å². The molecule has 0 bridgehead atoms. The standard InChI is InChI=1S/C21H28N2O/c1-4-22-15-19-7-5-6-8-20(19)23-21(24)14-18-11-9-17(10-12-18)13-16(2)3/h5-12,16,22H,4,13-15H2,1-3H3,(H,23,24). The molecule has 2 aromatic carbocycles. The first kappa shape index (κ1) is 18.2. The fraction of sp³-hybridized carbons (Fsp3) is 0.381. The Morgan fingerprint density at radius 3 is 2.33 bits per heavy atom. The van der Waals surface area contributed by atoms with E-state index in [1.54, 1.807) is 0 Å². The molecule has 24 heavy (non-hydrogen) atoms. The van der Waals surface area contributed by atoms with E-state index in [1.165, 1.54) is 5.56 Å². The molecule has 1 amide bonds. The van der Waals surface area contributed by atoms with Gasteiger partial charge >= 0.3 is 0 Å². The number of carbonyl (C=O) groups is 1. The van der Waals surface area contributed by atoms with Gasteiger partial charge in [0.05, 0.1) is 6.42 Å². The first-order valence-corrected chi connectivity index (χ1v) is 8.74. The average molecular weight is 324 g/mol. The van der Waals surface area contributed by atoms with Crippen LogP contribution in [0.1, 0.15) is 37.5 Å². The second-order valence-electron chi connectivity index (χ2n) is 6.58. The topological polar surface area (TPSA) is 41.1 Å². The van der Waals surface area contributed by atoms with Gasteiger partial charge in [0.25, 0.3) is 0 Å². The van der Waals surface area contributed by atoms with Gasteiger partial charge < -0.3 is 10.6 Å². The Labute approximate surface area is 145 Å². The Bertz CT molecular complexity index is 647. The summed E-state index contributed by atoms with van der Waals surface area (Å²) in [5, 5.41) is 6.33. The molecule has 0 aliphatic carbocycles. The molecule has 0 saturated heterocycles. The third-order valence-electron chi connectivity index (χ3n) is 3.89. The van der Waals surface area contributed by atoms with E-state index in [0.29, 0.717) is 12.3 Å². The van der Waals surface area contributed by atoms with Crippen molar-refractivity contribution >= 4 is 11.6 Å². The van der Waals surface area contributed by atoms with Gasteiger partial charge in [0, 0.05) is 12.2 Å². The number of carbonyl (C=O) groups excluding carboxylic acids is 1. The van der Waals surface area contributed by atoms with Crippen molar-refractivity contribution in [2.75, 3.05) is 11.9 Å². The molecule has 0 spiro atoms. The first-order valence-electron chi connectivity index (χ1n) is 8.74. The molecule has 0 aliphatic heterocycles. The number of amides is 1. The maximum atomic E-state index is 12.3. The summed E-state index contributed by atoms with van der Waals surface area (Å²) in [5.41, 5.74) is 4.37. The summed E-state index contributed by atoms with van der Waals surface area (Å²) < 4.78 is 0. The fourth-order valence-corrected chi connectivity index (χ4v) is 2.70. The van der Waals surface area contributed by atoms with E-state index in [2.05, 4.69) is 55.7 Å². The van der Waals surface area contributed by atoms with Crippen LogP contribution in [0.2, 0.25) is 0 Å². The fourth-order valence-electron chi connectivity index (χ4n) is 2.70. The van der Waals surface area contributed by atoms with Crippen LogP contribution in [0.15, 0.2) is 48.5 Å². The molecule has 0 radical (unpaired) electrons. The Kier molecular flexibility index (Phi) is 7.01. The van der Waals surface area contributed by atoms with Crippen LogP contribution in [0, 0.1) is 5.92 Å². The molecular weight excluding hydrogens is 296 g/mol. The predicted octanol–water partition coefficient (Wildman–Crippen LogP) is 4.18. The summed E-state index contributed by atoms with van der Waals surface area (Å²) in [6, 6.07) is 16.3. The zero-order chi connectivity index (χ0) is 17.4. The number of hydrogen-bond donors (Lipinski definition) is 2. The van der Waals surface area contributed by atoms with Crippen LogP contribution in [-0.2, 0) is 24.2 Å². The number of hydrogen-bond acceptors (Lipinski definition) is 2. The third-order valence-corrected chi connectivity index (χ3v) is 3.89. The van der Waals surface area contributed by atoms with Crippen LogP contribution in [0.4, 0.5) is 5.69 Å². The van der Waals surface area contributed by atoms with Crippen LogP contribution in [-0.4, -0.2) is 12.5 Å². The molecule has 2 aromatic rings. The molecule has 0 fully saturated rings. The summed E-state index contributed by atoms with van der Waals surface area (Å²) >= 11 is 0. The van der Waals surface area contributed by atoms with E-state index in [9.17, 15) is 4.79 Å². The Morgan fingerprint density at radius 2 is 1.67 bits per heavy atom. The van der Waals surface area contributed by atoms with Gasteiger partial charge in [-0.3, -0.25) is 4.79 Å². The lowest BCUT2D eigenvalue weighted by Crippen LogP contribution is -2.18. The van der Waals surface area contributed by atoms with Gasteiger partial charge in [-0.15, -0.1) is 0 Å². The van der Waals surface area contributed by atoms with Gasteiger partial charge in [-0.1, -0.05) is 63.2 Å². The summed E-state index contributed by atoms with van der Waals surface area (Å²) in [6.45, 7) is 8.17. The van der Waals surface area contributed by atoms with Gasteiger partial charge in [-0.2, -0.15) is 0 Å². The lowest BCUT2D eigenvalue weighted by Gasteiger charge is -2.12. The number of benzene rings is 2. The van der Waals surface area contributed by atoms with Crippen LogP contribution in [0.5, 0.6) is 0 Å². The van der Waals surface area contributed by atoms with Crippen molar-refractivity contribution in [3.63, 3.8) is 0 Å². The van der Waals surface area contributed by atoms with Crippen molar-refractivity contribution in [3.05, 3.63) is 65.2 Å². The van der Waals surface area contributed by atoms with E-state index >= 15 is 0 Å². The first-order chi connectivity index (χ1) is 11.6. The molecular formula is C21H28N2O. The summed E-state index contributed by atoms with van der Waals surface area (Å²) in [4.78, 5) is 12.3. The zero-order valence-corrected chi connectivity index (χ0v) is 14.9. The SMILES string of the molecule is CCNCc1ccccc1NC(=O)Cc1ccc(CC(C)C)cc1. The third kappa shape index (κ3) is 5.82. The van der Waals surface area contributed by atoms with Crippen LogP contribution in [0.3, 0.4) is 0 Å². The van der Waals surface area contributed by atoms with Crippen LogP contribution >= 0.6 is 0 Å². The molecule has 0 aliphatic rings. The molecule has 2 N–H and O–H groups in total. The highest BCUT2D eigenvalue weighted by Gasteiger charge is 2.08. The van der Waals surface area contributed by atoms with Crippen LogP contribution in [0.25, 0.3) is 0 Å². The normalized spacial score (nSPS) is 10.8. The highest BCUT2D eigenvalue weighted by molar-refractivity contribution is 5.93. The van der Waals surface area contributed by atoms with Gasteiger partial charge in [-0.05, 0) is 41.6 Å². The highest BCUT2D eigenvalue weighted by atomic mass is 16.1. The van der Waals surface area contributed by atoms with Gasteiger partial charge in [0.1, 0.15) is 0 Å². The Morgan fingerprint density at radius 1 is 1.00 bits per heavy atom. The van der Waals surface area contributed by atoms with Crippen molar-refractivity contribution in [3.8, 4) is 0 Å². The molecule has 0 atom stereocenters.